The van der Waals surface area contributed by atoms with Crippen molar-refractivity contribution < 1.29 is 18.0 Å². The zero-order valence-electron chi connectivity index (χ0n) is 15.4. The number of carbonyl (C=O) groups excluding carboxylic acids is 1. The molecule has 0 aliphatic heterocycles. The van der Waals surface area contributed by atoms with E-state index < -0.39 is 11.3 Å². The molecular formula is C22H24F3NO. The van der Waals surface area contributed by atoms with Crippen molar-refractivity contribution in [3.05, 3.63) is 71.0 Å². The van der Waals surface area contributed by atoms with Crippen LogP contribution < -0.4 is 5.32 Å². The second kappa shape index (κ2) is 7.75. The van der Waals surface area contributed by atoms with Gasteiger partial charge in [0.25, 0.3) is 5.92 Å². The van der Waals surface area contributed by atoms with Crippen LogP contribution in [0.1, 0.15) is 55.7 Å². The Morgan fingerprint density at radius 1 is 1.07 bits per heavy atom. The van der Waals surface area contributed by atoms with Crippen LogP contribution in [0.15, 0.2) is 48.5 Å². The molecule has 0 saturated heterocycles. The van der Waals surface area contributed by atoms with Crippen molar-refractivity contribution in [2.75, 3.05) is 0 Å². The van der Waals surface area contributed by atoms with Gasteiger partial charge in [-0.15, -0.1) is 0 Å². The summed E-state index contributed by atoms with van der Waals surface area (Å²) < 4.78 is 40.4. The van der Waals surface area contributed by atoms with Crippen LogP contribution in [0.2, 0.25) is 0 Å². The molecule has 144 valence electrons. The third-order valence-electron chi connectivity index (χ3n) is 5.43. The summed E-state index contributed by atoms with van der Waals surface area (Å²) in [5, 5.41) is 2.92. The summed E-state index contributed by atoms with van der Waals surface area (Å²) >= 11 is 0. The van der Waals surface area contributed by atoms with Crippen molar-refractivity contribution in [2.45, 2.75) is 56.9 Å². The molecule has 2 nitrogen and oxygen atoms in total. The Bertz CT molecular complexity index is 790. The second-order valence-corrected chi connectivity index (χ2v) is 7.42. The first-order valence-electron chi connectivity index (χ1n) is 9.33. The molecule has 1 aliphatic rings. The fourth-order valence-electron chi connectivity index (χ4n) is 3.88. The summed E-state index contributed by atoms with van der Waals surface area (Å²) in [7, 11) is 0. The average Bonchev–Trinajstić information content (AvgIpc) is 2.66. The fourth-order valence-corrected chi connectivity index (χ4v) is 3.88. The number of hydrogen-bond acceptors (Lipinski definition) is 1. The van der Waals surface area contributed by atoms with Crippen LogP contribution in [0.4, 0.5) is 13.2 Å². The quantitative estimate of drug-likeness (QED) is 0.739. The molecule has 27 heavy (non-hydrogen) atoms. The van der Waals surface area contributed by atoms with Crippen LogP contribution in [0.25, 0.3) is 0 Å². The molecule has 0 heterocycles. The summed E-state index contributed by atoms with van der Waals surface area (Å²) in [6.45, 7) is 1.04. The third kappa shape index (κ3) is 4.34. The molecule has 3 rings (SSSR count). The Labute approximate surface area is 157 Å². The molecule has 2 aromatic carbocycles. The van der Waals surface area contributed by atoms with Crippen LogP contribution in [0.5, 0.6) is 0 Å². The summed E-state index contributed by atoms with van der Waals surface area (Å²) in [5.74, 6) is -3.37. The highest BCUT2D eigenvalue weighted by Gasteiger charge is 2.40. The average molecular weight is 375 g/mol. The number of hydrogen-bond donors (Lipinski definition) is 1. The molecule has 1 amide bonds. The molecule has 0 radical (unpaired) electrons. The maximum Gasteiger partial charge on any atom is 0.270 e. The standard InChI is InChI=1S/C22H24F3NO/c1-21(24,25)18-7-5-6-16(14-18)15-26-20(27)22(12-3-2-4-13-22)17-8-10-19(23)11-9-17/h5-11,14H,2-4,12-13,15H2,1H3,(H,26,27). The fraction of sp³-hybridized carbons (Fsp3) is 0.409. The normalized spacial score (nSPS) is 16.7. The predicted octanol–water partition coefficient (Wildman–Crippen LogP) is 5.46. The number of nitrogens with one attached hydrogen (secondary N) is 1. The minimum absolute atomic E-state index is 0.0693. The minimum Gasteiger partial charge on any atom is -0.351 e. The highest BCUT2D eigenvalue weighted by atomic mass is 19.3. The molecule has 2 aromatic rings. The van der Waals surface area contributed by atoms with E-state index in [1.807, 2.05) is 0 Å². The zero-order valence-corrected chi connectivity index (χ0v) is 15.4. The maximum absolute atomic E-state index is 13.5. The lowest BCUT2D eigenvalue weighted by Gasteiger charge is -2.36. The number of rotatable bonds is 5. The van der Waals surface area contributed by atoms with Crippen molar-refractivity contribution in [2.24, 2.45) is 0 Å². The first-order chi connectivity index (χ1) is 12.8. The van der Waals surface area contributed by atoms with Gasteiger partial charge >= 0.3 is 0 Å². The van der Waals surface area contributed by atoms with Crippen LogP contribution >= 0.6 is 0 Å². The van der Waals surface area contributed by atoms with Gasteiger partial charge in [0.15, 0.2) is 0 Å². The SMILES string of the molecule is CC(F)(F)c1cccc(CNC(=O)C2(c3ccc(F)cc3)CCCCC2)c1. The van der Waals surface area contributed by atoms with Crippen LogP contribution in [0.3, 0.4) is 0 Å². The first kappa shape index (κ1) is 19.5. The molecule has 0 aromatic heterocycles. The van der Waals surface area contributed by atoms with Gasteiger partial charge in [-0.05, 0) is 42.2 Å². The van der Waals surface area contributed by atoms with Gasteiger partial charge in [0, 0.05) is 19.0 Å². The molecule has 1 N–H and O–H groups in total. The largest absolute Gasteiger partial charge is 0.351 e. The Hall–Kier alpha value is -2.30. The number of amides is 1. The van der Waals surface area contributed by atoms with E-state index in [1.165, 1.54) is 24.3 Å². The Kier molecular flexibility index (Phi) is 5.59. The van der Waals surface area contributed by atoms with Gasteiger partial charge in [-0.1, -0.05) is 49.6 Å². The van der Waals surface area contributed by atoms with Crippen molar-refractivity contribution in [3.63, 3.8) is 0 Å². The highest BCUT2D eigenvalue weighted by Crippen LogP contribution is 2.40. The molecule has 1 fully saturated rings. The van der Waals surface area contributed by atoms with Crippen LogP contribution in [-0.4, -0.2) is 5.91 Å². The van der Waals surface area contributed by atoms with Crippen molar-refractivity contribution in [1.29, 1.82) is 0 Å². The van der Waals surface area contributed by atoms with Crippen molar-refractivity contribution in [3.8, 4) is 0 Å². The van der Waals surface area contributed by atoms with Crippen LogP contribution in [-0.2, 0) is 22.7 Å². The monoisotopic (exact) mass is 375 g/mol. The van der Waals surface area contributed by atoms with Gasteiger partial charge in [-0.25, -0.2) is 13.2 Å². The van der Waals surface area contributed by atoms with E-state index in [0.29, 0.717) is 18.4 Å². The maximum atomic E-state index is 13.5. The molecule has 0 bridgehead atoms. The van der Waals surface area contributed by atoms with Crippen LogP contribution in [0, 0.1) is 5.82 Å². The van der Waals surface area contributed by atoms with E-state index >= 15 is 0 Å². The molecule has 0 atom stereocenters. The number of carbonyl (C=O) groups is 1. The van der Waals surface area contributed by atoms with E-state index in [9.17, 15) is 18.0 Å². The van der Waals surface area contributed by atoms with Gasteiger partial charge in [0.05, 0.1) is 5.41 Å². The molecule has 5 heteroatoms. The van der Waals surface area contributed by atoms with E-state index in [4.69, 9.17) is 0 Å². The van der Waals surface area contributed by atoms with E-state index in [0.717, 1.165) is 31.7 Å². The van der Waals surface area contributed by atoms with Gasteiger partial charge in [-0.3, -0.25) is 4.79 Å². The summed E-state index contributed by atoms with van der Waals surface area (Å²) in [5.41, 5.74) is 0.695. The minimum atomic E-state index is -2.92. The third-order valence-corrected chi connectivity index (χ3v) is 5.43. The van der Waals surface area contributed by atoms with Crippen molar-refractivity contribution >= 4 is 5.91 Å². The summed E-state index contributed by atoms with van der Waals surface area (Å²) in [6.07, 6.45) is 4.35. The lowest BCUT2D eigenvalue weighted by molar-refractivity contribution is -0.128. The topological polar surface area (TPSA) is 29.1 Å². The van der Waals surface area contributed by atoms with Gasteiger partial charge in [0.1, 0.15) is 5.82 Å². The van der Waals surface area contributed by atoms with Gasteiger partial charge in [-0.2, -0.15) is 0 Å². The van der Waals surface area contributed by atoms with Gasteiger partial charge in [0.2, 0.25) is 5.91 Å². The molecule has 1 saturated carbocycles. The first-order valence-corrected chi connectivity index (χ1v) is 9.33. The second-order valence-electron chi connectivity index (χ2n) is 7.42. The van der Waals surface area contributed by atoms with E-state index in [-0.39, 0.29) is 23.8 Å². The van der Waals surface area contributed by atoms with E-state index in [2.05, 4.69) is 5.32 Å². The van der Waals surface area contributed by atoms with Crippen molar-refractivity contribution in [1.82, 2.24) is 5.32 Å². The number of halogens is 3. The highest BCUT2D eigenvalue weighted by molar-refractivity contribution is 5.88. The molecular weight excluding hydrogens is 351 g/mol. The Morgan fingerprint density at radius 2 is 1.74 bits per heavy atom. The summed E-state index contributed by atoms with van der Waals surface area (Å²) in [6, 6.07) is 12.2. The lowest BCUT2D eigenvalue weighted by atomic mass is 9.68. The predicted molar refractivity (Wildman–Crippen MR) is 99.0 cm³/mol. The smallest absolute Gasteiger partial charge is 0.270 e. The molecule has 1 aliphatic carbocycles. The van der Waals surface area contributed by atoms with Gasteiger partial charge < -0.3 is 5.32 Å². The zero-order chi connectivity index (χ0) is 19.5. The number of alkyl halides is 2. The Balaban J connectivity index is 1.79. The molecule has 0 spiro atoms. The summed E-state index contributed by atoms with van der Waals surface area (Å²) in [4.78, 5) is 13.1. The molecule has 0 unspecified atom stereocenters. The van der Waals surface area contributed by atoms with E-state index in [1.54, 1.807) is 24.3 Å². The number of benzene rings is 2. The lowest BCUT2D eigenvalue weighted by Crippen LogP contribution is -2.45. The Morgan fingerprint density at radius 3 is 2.37 bits per heavy atom.